The molecule has 2 N–H and O–H groups in total. The van der Waals surface area contributed by atoms with Crippen molar-refractivity contribution in [3.63, 3.8) is 0 Å². The average Bonchev–Trinajstić information content (AvgIpc) is 1.97. The predicted molar refractivity (Wildman–Crippen MR) is 44.0 cm³/mol. The summed E-state index contributed by atoms with van der Waals surface area (Å²) in [5.74, 6) is 0.526. The van der Waals surface area contributed by atoms with Gasteiger partial charge in [0, 0.05) is 0 Å². The summed E-state index contributed by atoms with van der Waals surface area (Å²) in [6, 6.07) is 1.57. The summed E-state index contributed by atoms with van der Waals surface area (Å²) in [6.45, 7) is 5.34. The van der Waals surface area contributed by atoms with Crippen LogP contribution in [0.25, 0.3) is 0 Å². The first-order chi connectivity index (χ1) is 5.04. The van der Waals surface area contributed by atoms with E-state index >= 15 is 0 Å². The van der Waals surface area contributed by atoms with Gasteiger partial charge in [-0.2, -0.15) is 0 Å². The van der Waals surface area contributed by atoms with Crippen LogP contribution in [-0.2, 0) is 19.5 Å². The third-order valence-electron chi connectivity index (χ3n) is 2.03. The van der Waals surface area contributed by atoms with Crippen LogP contribution in [0.2, 0.25) is 0 Å². The van der Waals surface area contributed by atoms with Crippen molar-refractivity contribution in [1.82, 2.24) is 0 Å². The molecular weight excluding hydrogens is 276 g/mol. The maximum Gasteiger partial charge on any atom is 2.00 e. The molecule has 0 amide bonds. The first-order valence-corrected chi connectivity index (χ1v) is 3.52. The Labute approximate surface area is 109 Å². The van der Waals surface area contributed by atoms with Crippen molar-refractivity contribution in [3.05, 3.63) is 22.8 Å². The van der Waals surface area contributed by atoms with E-state index in [9.17, 15) is 10.2 Å². The van der Waals surface area contributed by atoms with Crippen LogP contribution in [0.1, 0.15) is 16.7 Å². The van der Waals surface area contributed by atoms with E-state index in [-0.39, 0.29) is 55.8 Å². The van der Waals surface area contributed by atoms with Gasteiger partial charge in [-0.25, -0.2) is 0 Å². The molecule has 0 aromatic heterocycles. The molecule has 0 heterocycles. The smallest absolute Gasteiger partial charge is 1.00 e. The van der Waals surface area contributed by atoms with Crippen LogP contribution in [0.15, 0.2) is 6.07 Å². The van der Waals surface area contributed by atoms with Gasteiger partial charge in [0.1, 0.15) is 11.5 Å². The predicted octanol–water partition coefficient (Wildman–Crippen LogP) is -3.97. The standard InChI is InChI=1S/C9H12O2.2ClH.Zn/c1-5-4-8(10)6(2)7(3)9(5)11;;;/h4,10-11H,1-3H3;2*1H;/q;;;+2/p-2. The SMILES string of the molecule is Cc1cc(O)c(C)c(C)c1O.[Cl-].[Cl-].[Zn+2]. The topological polar surface area (TPSA) is 40.5 Å². The first-order valence-electron chi connectivity index (χ1n) is 3.52. The minimum absolute atomic E-state index is 0. The summed E-state index contributed by atoms with van der Waals surface area (Å²) in [4.78, 5) is 0. The Morgan fingerprint density at radius 2 is 1.36 bits per heavy atom. The van der Waals surface area contributed by atoms with Crippen LogP contribution in [0.3, 0.4) is 0 Å². The van der Waals surface area contributed by atoms with E-state index in [0.717, 1.165) is 11.1 Å². The normalized spacial score (nSPS) is 7.93. The fourth-order valence-electron chi connectivity index (χ4n) is 1.05. The zero-order valence-electron chi connectivity index (χ0n) is 8.43. The number of halogens is 2. The van der Waals surface area contributed by atoms with E-state index in [0.29, 0.717) is 5.56 Å². The second-order valence-corrected chi connectivity index (χ2v) is 2.81. The van der Waals surface area contributed by atoms with Crippen molar-refractivity contribution in [3.8, 4) is 11.5 Å². The molecule has 0 atom stereocenters. The number of rotatable bonds is 0. The van der Waals surface area contributed by atoms with Gasteiger partial charge >= 0.3 is 19.5 Å². The summed E-state index contributed by atoms with van der Waals surface area (Å²) in [5, 5.41) is 18.7. The Hall–Kier alpha value is 0.0234. The first kappa shape index (κ1) is 19.6. The van der Waals surface area contributed by atoms with Gasteiger partial charge in [0.25, 0.3) is 0 Å². The average molecular weight is 288 g/mol. The molecule has 0 unspecified atom stereocenters. The zero-order valence-corrected chi connectivity index (χ0v) is 12.9. The Morgan fingerprint density at radius 1 is 0.929 bits per heavy atom. The van der Waals surface area contributed by atoms with Crippen LogP contribution >= 0.6 is 0 Å². The molecule has 0 aliphatic rings. The van der Waals surface area contributed by atoms with E-state index < -0.39 is 0 Å². The number of aryl methyl sites for hydroxylation is 1. The van der Waals surface area contributed by atoms with Gasteiger partial charge < -0.3 is 35.0 Å². The van der Waals surface area contributed by atoms with E-state index in [1.807, 2.05) is 0 Å². The van der Waals surface area contributed by atoms with E-state index in [1.54, 1.807) is 26.8 Å². The molecule has 0 bridgehead atoms. The van der Waals surface area contributed by atoms with Crippen molar-refractivity contribution < 1.29 is 54.5 Å². The van der Waals surface area contributed by atoms with Gasteiger partial charge in [0.15, 0.2) is 0 Å². The fraction of sp³-hybridized carbons (Fsp3) is 0.333. The Kier molecular flexibility index (Phi) is 10.3. The molecule has 0 fully saturated rings. The van der Waals surface area contributed by atoms with Gasteiger partial charge in [-0.05, 0) is 43.5 Å². The van der Waals surface area contributed by atoms with Crippen LogP contribution < -0.4 is 24.8 Å². The monoisotopic (exact) mass is 286 g/mol. The van der Waals surface area contributed by atoms with Crippen molar-refractivity contribution in [2.24, 2.45) is 0 Å². The molecule has 2 nitrogen and oxygen atoms in total. The van der Waals surface area contributed by atoms with Gasteiger partial charge in [-0.15, -0.1) is 0 Å². The number of hydrogen-bond donors (Lipinski definition) is 2. The second kappa shape index (κ2) is 7.33. The third-order valence-corrected chi connectivity index (χ3v) is 2.03. The number of benzene rings is 1. The van der Waals surface area contributed by atoms with Crippen LogP contribution in [0.5, 0.6) is 11.5 Å². The molecule has 0 saturated heterocycles. The van der Waals surface area contributed by atoms with Gasteiger partial charge in [0.2, 0.25) is 0 Å². The van der Waals surface area contributed by atoms with Gasteiger partial charge in [-0.1, -0.05) is 0 Å². The van der Waals surface area contributed by atoms with E-state index in [4.69, 9.17) is 0 Å². The minimum atomic E-state index is 0. The number of phenols is 2. The molecule has 76 valence electrons. The molecule has 0 saturated carbocycles. The zero-order chi connectivity index (χ0) is 8.59. The molecular formula is C9H12Cl2O2Zn. The molecule has 1 aromatic rings. The van der Waals surface area contributed by atoms with Crippen molar-refractivity contribution in [2.75, 3.05) is 0 Å². The summed E-state index contributed by atoms with van der Waals surface area (Å²) in [6.07, 6.45) is 0. The maximum atomic E-state index is 9.40. The Bertz CT molecular complexity index is 277. The number of hydrogen-bond acceptors (Lipinski definition) is 2. The summed E-state index contributed by atoms with van der Waals surface area (Å²) < 4.78 is 0. The third kappa shape index (κ3) is 3.64. The quantitative estimate of drug-likeness (QED) is 0.378. The van der Waals surface area contributed by atoms with Crippen molar-refractivity contribution >= 4 is 0 Å². The van der Waals surface area contributed by atoms with E-state index in [1.165, 1.54) is 0 Å². The van der Waals surface area contributed by atoms with Crippen LogP contribution in [0.4, 0.5) is 0 Å². The number of phenolic OH excluding ortho intramolecular Hbond substituents is 2. The Morgan fingerprint density at radius 3 is 1.79 bits per heavy atom. The molecule has 1 rings (SSSR count). The summed E-state index contributed by atoms with van der Waals surface area (Å²) in [7, 11) is 0. The Balaban J connectivity index is -0.000000403. The molecule has 0 aliphatic carbocycles. The molecule has 5 heteroatoms. The maximum absolute atomic E-state index is 9.40. The molecule has 14 heavy (non-hydrogen) atoms. The second-order valence-electron chi connectivity index (χ2n) is 2.81. The van der Waals surface area contributed by atoms with Crippen LogP contribution in [0, 0.1) is 20.8 Å². The molecule has 0 radical (unpaired) electrons. The van der Waals surface area contributed by atoms with Crippen molar-refractivity contribution in [2.45, 2.75) is 20.8 Å². The van der Waals surface area contributed by atoms with Crippen LogP contribution in [-0.4, -0.2) is 10.2 Å². The minimum Gasteiger partial charge on any atom is -1.00 e. The fourth-order valence-corrected chi connectivity index (χ4v) is 1.05. The van der Waals surface area contributed by atoms with Crippen molar-refractivity contribution in [1.29, 1.82) is 0 Å². The molecule has 0 aliphatic heterocycles. The number of aromatic hydroxyl groups is 2. The van der Waals surface area contributed by atoms with E-state index in [2.05, 4.69) is 0 Å². The molecule has 1 aromatic carbocycles. The largest absolute Gasteiger partial charge is 2.00 e. The summed E-state index contributed by atoms with van der Waals surface area (Å²) in [5.41, 5.74) is 2.21. The molecule has 0 spiro atoms. The van der Waals surface area contributed by atoms with Gasteiger partial charge in [-0.3, -0.25) is 0 Å². The van der Waals surface area contributed by atoms with Gasteiger partial charge in [0.05, 0.1) is 0 Å². The summed E-state index contributed by atoms with van der Waals surface area (Å²) >= 11 is 0.